The van der Waals surface area contributed by atoms with E-state index in [1.807, 2.05) is 0 Å². The lowest BCUT2D eigenvalue weighted by atomic mass is 10.6. The standard InChI is InChI=1S/C7H14N2O3/c1-4-8-6(10)9(5-2)7(11)12-3/h4-5H2,1-3H3,(H,8,10). The number of nitrogens with one attached hydrogen (secondary N) is 1. The molecule has 0 aliphatic carbocycles. The molecule has 3 amide bonds. The van der Waals surface area contributed by atoms with Crippen LogP contribution in [0.1, 0.15) is 13.8 Å². The molecule has 5 heteroatoms. The molecule has 0 spiro atoms. The average molecular weight is 174 g/mol. The molecule has 0 aliphatic heterocycles. The van der Waals surface area contributed by atoms with Crippen LogP contribution in [-0.4, -0.2) is 37.2 Å². The zero-order chi connectivity index (χ0) is 9.56. The van der Waals surface area contributed by atoms with Gasteiger partial charge in [-0.3, -0.25) is 0 Å². The van der Waals surface area contributed by atoms with E-state index in [2.05, 4.69) is 10.1 Å². The maximum absolute atomic E-state index is 11.1. The van der Waals surface area contributed by atoms with Crippen LogP contribution in [0.5, 0.6) is 0 Å². The number of amides is 3. The zero-order valence-electron chi connectivity index (χ0n) is 7.59. The molecule has 5 nitrogen and oxygen atoms in total. The molecule has 70 valence electrons. The van der Waals surface area contributed by atoms with E-state index in [4.69, 9.17) is 0 Å². The fourth-order valence-corrected chi connectivity index (χ4v) is 0.712. The number of urea groups is 1. The first-order valence-corrected chi connectivity index (χ1v) is 3.80. The number of carbonyl (C=O) groups excluding carboxylic acids is 2. The van der Waals surface area contributed by atoms with E-state index >= 15 is 0 Å². The molecule has 0 saturated heterocycles. The summed E-state index contributed by atoms with van der Waals surface area (Å²) in [6.07, 6.45) is -0.636. The van der Waals surface area contributed by atoms with E-state index in [1.165, 1.54) is 7.11 Å². The summed E-state index contributed by atoms with van der Waals surface area (Å²) in [5.41, 5.74) is 0. The molecule has 1 N–H and O–H groups in total. The second kappa shape index (κ2) is 5.40. The van der Waals surface area contributed by atoms with Crippen LogP contribution in [0, 0.1) is 0 Å². The lowest BCUT2D eigenvalue weighted by molar-refractivity contribution is 0.131. The van der Waals surface area contributed by atoms with E-state index in [1.54, 1.807) is 13.8 Å². The second-order valence-corrected chi connectivity index (χ2v) is 2.05. The Hall–Kier alpha value is -1.26. The lowest BCUT2D eigenvalue weighted by Crippen LogP contribution is -2.43. The van der Waals surface area contributed by atoms with Gasteiger partial charge < -0.3 is 10.1 Å². The molecule has 0 radical (unpaired) electrons. The second-order valence-electron chi connectivity index (χ2n) is 2.05. The van der Waals surface area contributed by atoms with Crippen molar-refractivity contribution < 1.29 is 14.3 Å². The van der Waals surface area contributed by atoms with Crippen molar-refractivity contribution in [2.45, 2.75) is 13.8 Å². The maximum Gasteiger partial charge on any atom is 0.417 e. The normalized spacial score (nSPS) is 8.92. The first-order chi connectivity index (χ1) is 5.67. The average Bonchev–Trinajstić information content (AvgIpc) is 2.06. The summed E-state index contributed by atoms with van der Waals surface area (Å²) in [5, 5.41) is 2.50. The Bertz CT molecular complexity index is 170. The highest BCUT2D eigenvalue weighted by Gasteiger charge is 2.18. The molecule has 0 saturated carbocycles. The van der Waals surface area contributed by atoms with Crippen LogP contribution in [-0.2, 0) is 4.74 Å². The highest BCUT2D eigenvalue weighted by molar-refractivity contribution is 5.90. The van der Waals surface area contributed by atoms with Crippen molar-refractivity contribution in [1.82, 2.24) is 10.2 Å². The molecule has 12 heavy (non-hydrogen) atoms. The lowest BCUT2D eigenvalue weighted by Gasteiger charge is -2.16. The van der Waals surface area contributed by atoms with Gasteiger partial charge in [-0.2, -0.15) is 0 Å². The van der Waals surface area contributed by atoms with Crippen LogP contribution in [0.4, 0.5) is 9.59 Å². The topological polar surface area (TPSA) is 58.6 Å². The van der Waals surface area contributed by atoms with E-state index < -0.39 is 12.1 Å². The number of ether oxygens (including phenoxy) is 1. The van der Waals surface area contributed by atoms with Gasteiger partial charge in [-0.25, -0.2) is 14.5 Å². The molecular weight excluding hydrogens is 160 g/mol. The molecule has 0 aromatic heterocycles. The van der Waals surface area contributed by atoms with Gasteiger partial charge in [0, 0.05) is 13.1 Å². The van der Waals surface area contributed by atoms with E-state index in [0.29, 0.717) is 13.1 Å². The van der Waals surface area contributed by atoms with Crippen LogP contribution in [0.25, 0.3) is 0 Å². The Morgan fingerprint density at radius 1 is 1.42 bits per heavy atom. The third-order valence-corrected chi connectivity index (χ3v) is 1.28. The van der Waals surface area contributed by atoms with Gasteiger partial charge in [-0.05, 0) is 13.8 Å². The van der Waals surface area contributed by atoms with Crippen molar-refractivity contribution >= 4 is 12.1 Å². The summed E-state index contributed by atoms with van der Waals surface area (Å²) in [4.78, 5) is 23.0. The van der Waals surface area contributed by atoms with Gasteiger partial charge in [0.15, 0.2) is 0 Å². The summed E-state index contributed by atoms with van der Waals surface area (Å²) < 4.78 is 4.40. The molecule has 0 aromatic carbocycles. The molecule has 0 aliphatic rings. The third-order valence-electron chi connectivity index (χ3n) is 1.28. The Balaban J connectivity index is 4.14. The van der Waals surface area contributed by atoms with Crippen LogP contribution >= 0.6 is 0 Å². The van der Waals surface area contributed by atoms with E-state index in [0.717, 1.165) is 4.90 Å². The predicted octanol–water partition coefficient (Wildman–Crippen LogP) is 0.804. The van der Waals surface area contributed by atoms with Crippen molar-refractivity contribution in [2.24, 2.45) is 0 Å². The Morgan fingerprint density at radius 3 is 2.33 bits per heavy atom. The monoisotopic (exact) mass is 174 g/mol. The molecule has 0 rings (SSSR count). The first-order valence-electron chi connectivity index (χ1n) is 3.80. The minimum atomic E-state index is -0.636. The van der Waals surface area contributed by atoms with Gasteiger partial charge in [-0.1, -0.05) is 0 Å². The zero-order valence-corrected chi connectivity index (χ0v) is 7.59. The number of carbonyl (C=O) groups is 2. The number of hydrogen-bond donors (Lipinski definition) is 1. The smallest absolute Gasteiger partial charge is 0.417 e. The molecule has 0 atom stereocenters. The van der Waals surface area contributed by atoms with Gasteiger partial charge in [0.05, 0.1) is 7.11 Å². The molecule has 0 fully saturated rings. The number of imide groups is 1. The number of rotatable bonds is 2. The summed E-state index contributed by atoms with van der Waals surface area (Å²) in [6.45, 7) is 4.28. The first kappa shape index (κ1) is 10.7. The van der Waals surface area contributed by atoms with E-state index in [9.17, 15) is 9.59 Å². The highest BCUT2D eigenvalue weighted by atomic mass is 16.5. The van der Waals surface area contributed by atoms with Crippen molar-refractivity contribution in [3.05, 3.63) is 0 Å². The van der Waals surface area contributed by atoms with Gasteiger partial charge in [0.2, 0.25) is 0 Å². The quantitative estimate of drug-likeness (QED) is 0.673. The molecule has 0 unspecified atom stereocenters. The number of nitrogens with zero attached hydrogens (tertiary/aromatic N) is 1. The minimum Gasteiger partial charge on any atom is -0.452 e. The van der Waals surface area contributed by atoms with E-state index in [-0.39, 0.29) is 0 Å². The molecular formula is C7H14N2O3. The fourth-order valence-electron chi connectivity index (χ4n) is 0.712. The number of hydrogen-bond acceptors (Lipinski definition) is 3. The molecule has 0 aromatic rings. The van der Waals surface area contributed by atoms with Gasteiger partial charge in [0.1, 0.15) is 0 Å². The van der Waals surface area contributed by atoms with Crippen LogP contribution in [0.3, 0.4) is 0 Å². The van der Waals surface area contributed by atoms with Crippen LogP contribution in [0.15, 0.2) is 0 Å². The van der Waals surface area contributed by atoms with Crippen LogP contribution in [0.2, 0.25) is 0 Å². The molecule has 0 bridgehead atoms. The molecule has 0 heterocycles. The van der Waals surface area contributed by atoms with Crippen molar-refractivity contribution in [3.63, 3.8) is 0 Å². The largest absolute Gasteiger partial charge is 0.452 e. The van der Waals surface area contributed by atoms with Gasteiger partial charge >= 0.3 is 12.1 Å². The highest BCUT2D eigenvalue weighted by Crippen LogP contribution is 1.92. The third kappa shape index (κ3) is 2.77. The van der Waals surface area contributed by atoms with Crippen molar-refractivity contribution in [1.29, 1.82) is 0 Å². The Kier molecular flexibility index (Phi) is 4.83. The fraction of sp³-hybridized carbons (Fsp3) is 0.714. The summed E-state index contributed by atoms with van der Waals surface area (Å²) in [7, 11) is 1.24. The van der Waals surface area contributed by atoms with Crippen molar-refractivity contribution in [3.8, 4) is 0 Å². The predicted molar refractivity (Wildman–Crippen MR) is 43.9 cm³/mol. The van der Waals surface area contributed by atoms with Gasteiger partial charge in [0.25, 0.3) is 0 Å². The summed E-state index contributed by atoms with van der Waals surface area (Å²) >= 11 is 0. The summed E-state index contributed by atoms with van der Waals surface area (Å²) in [5.74, 6) is 0. The number of methoxy groups -OCH3 is 1. The minimum absolute atomic E-state index is 0.304. The Morgan fingerprint density at radius 2 is 2.00 bits per heavy atom. The Labute approximate surface area is 71.7 Å². The van der Waals surface area contributed by atoms with Crippen molar-refractivity contribution in [2.75, 3.05) is 20.2 Å². The SMILES string of the molecule is CCNC(=O)N(CC)C(=O)OC. The van der Waals surface area contributed by atoms with Crippen LogP contribution < -0.4 is 5.32 Å². The maximum atomic E-state index is 11.1. The summed E-state index contributed by atoms with van der Waals surface area (Å²) in [6, 6.07) is -0.424. The van der Waals surface area contributed by atoms with Gasteiger partial charge in [-0.15, -0.1) is 0 Å².